The molecular weight excluding hydrogens is 375 g/mol. The highest BCUT2D eigenvalue weighted by Gasteiger charge is 2.36. The predicted octanol–water partition coefficient (Wildman–Crippen LogP) is 5.85. The minimum atomic E-state index is -0.249. The summed E-state index contributed by atoms with van der Waals surface area (Å²) < 4.78 is 15.8. The number of fused-ring (bicyclic) bond motifs is 1. The van der Waals surface area contributed by atoms with Gasteiger partial charge in [0.05, 0.1) is 11.7 Å². The average Bonchev–Trinajstić information content (AvgIpc) is 3.27. The minimum Gasteiger partial charge on any atom is -0.343 e. The summed E-state index contributed by atoms with van der Waals surface area (Å²) in [7, 11) is 2.04. The first-order chi connectivity index (χ1) is 14.6. The quantitative estimate of drug-likeness (QED) is 0.423. The molecule has 0 bridgehead atoms. The van der Waals surface area contributed by atoms with Crippen molar-refractivity contribution in [2.24, 2.45) is 7.05 Å². The largest absolute Gasteiger partial charge is 0.343 e. The zero-order valence-corrected chi connectivity index (χ0v) is 16.9. The minimum absolute atomic E-state index is 0.0103. The van der Waals surface area contributed by atoms with E-state index in [4.69, 9.17) is 0 Å². The SMILES string of the molecule is Cn1c(-c2ccc(F)cc2)c([C@@H]2CCC(=O)N2Cc2ccccc2)c2ccccc21. The van der Waals surface area contributed by atoms with Crippen molar-refractivity contribution in [3.63, 3.8) is 0 Å². The van der Waals surface area contributed by atoms with Gasteiger partial charge in [-0.2, -0.15) is 0 Å². The maximum Gasteiger partial charge on any atom is 0.223 e. The first-order valence-electron chi connectivity index (χ1n) is 10.3. The monoisotopic (exact) mass is 398 g/mol. The zero-order chi connectivity index (χ0) is 20.7. The topological polar surface area (TPSA) is 25.2 Å². The Morgan fingerprint density at radius 3 is 2.40 bits per heavy atom. The molecule has 0 spiro atoms. The molecule has 1 amide bonds. The molecule has 1 aliphatic rings. The van der Waals surface area contributed by atoms with Crippen LogP contribution in [0.1, 0.15) is 30.0 Å². The number of likely N-dealkylation sites (tertiary alicyclic amines) is 1. The molecule has 1 fully saturated rings. The van der Waals surface area contributed by atoms with Gasteiger partial charge in [-0.15, -0.1) is 0 Å². The van der Waals surface area contributed by atoms with Crippen molar-refractivity contribution in [1.82, 2.24) is 9.47 Å². The number of benzene rings is 3. The second-order valence-corrected chi connectivity index (χ2v) is 7.91. The first-order valence-corrected chi connectivity index (χ1v) is 10.3. The molecule has 4 aromatic rings. The smallest absolute Gasteiger partial charge is 0.223 e. The second-order valence-electron chi connectivity index (χ2n) is 7.91. The molecule has 150 valence electrons. The fraction of sp³-hybridized carbons (Fsp3) is 0.192. The van der Waals surface area contributed by atoms with Crippen LogP contribution in [-0.2, 0) is 18.4 Å². The fourth-order valence-corrected chi connectivity index (χ4v) is 4.73. The lowest BCUT2D eigenvalue weighted by Gasteiger charge is -2.26. The van der Waals surface area contributed by atoms with E-state index in [1.165, 1.54) is 12.1 Å². The molecule has 5 rings (SSSR count). The molecule has 1 aliphatic heterocycles. The van der Waals surface area contributed by atoms with Gasteiger partial charge in [0, 0.05) is 36.5 Å². The van der Waals surface area contributed by atoms with Crippen molar-refractivity contribution in [2.45, 2.75) is 25.4 Å². The Balaban J connectivity index is 1.68. The van der Waals surface area contributed by atoms with Gasteiger partial charge in [0.2, 0.25) is 5.91 Å². The number of nitrogens with zero attached hydrogens (tertiary/aromatic N) is 2. The van der Waals surface area contributed by atoms with Gasteiger partial charge in [-0.3, -0.25) is 4.79 Å². The first kappa shape index (κ1) is 18.6. The van der Waals surface area contributed by atoms with Gasteiger partial charge in [0.15, 0.2) is 0 Å². The van der Waals surface area contributed by atoms with Gasteiger partial charge >= 0.3 is 0 Å². The lowest BCUT2D eigenvalue weighted by Crippen LogP contribution is -2.27. The van der Waals surface area contributed by atoms with Crippen molar-refractivity contribution in [2.75, 3.05) is 0 Å². The third-order valence-electron chi connectivity index (χ3n) is 6.12. The molecule has 0 unspecified atom stereocenters. The van der Waals surface area contributed by atoms with Crippen LogP contribution in [-0.4, -0.2) is 15.4 Å². The van der Waals surface area contributed by atoms with Crippen LogP contribution < -0.4 is 0 Å². The molecule has 30 heavy (non-hydrogen) atoms. The van der Waals surface area contributed by atoms with Crippen LogP contribution in [0, 0.1) is 5.82 Å². The number of rotatable bonds is 4. The van der Waals surface area contributed by atoms with E-state index >= 15 is 0 Å². The molecule has 1 atom stereocenters. The summed E-state index contributed by atoms with van der Waals surface area (Å²) >= 11 is 0. The van der Waals surface area contributed by atoms with Gasteiger partial charge in [-0.25, -0.2) is 4.39 Å². The molecule has 0 radical (unpaired) electrons. The van der Waals surface area contributed by atoms with Crippen LogP contribution in [0.15, 0.2) is 78.9 Å². The summed E-state index contributed by atoms with van der Waals surface area (Å²) in [6.45, 7) is 0.594. The van der Waals surface area contributed by atoms with Crippen LogP contribution in [0.5, 0.6) is 0 Å². The number of amides is 1. The summed E-state index contributed by atoms with van der Waals surface area (Å²) in [6, 6.07) is 25.1. The number of hydrogen-bond acceptors (Lipinski definition) is 1. The number of carbonyl (C=O) groups is 1. The number of para-hydroxylation sites is 1. The lowest BCUT2D eigenvalue weighted by atomic mass is 9.96. The molecule has 1 saturated heterocycles. The zero-order valence-electron chi connectivity index (χ0n) is 16.9. The maximum absolute atomic E-state index is 13.6. The van der Waals surface area contributed by atoms with Crippen LogP contribution in [0.3, 0.4) is 0 Å². The molecule has 3 nitrogen and oxygen atoms in total. The fourth-order valence-electron chi connectivity index (χ4n) is 4.73. The number of halogens is 1. The third kappa shape index (κ3) is 3.09. The van der Waals surface area contributed by atoms with Crippen molar-refractivity contribution in [1.29, 1.82) is 0 Å². The van der Waals surface area contributed by atoms with Crippen molar-refractivity contribution >= 4 is 16.8 Å². The average molecular weight is 398 g/mol. The Labute approximate surface area is 175 Å². The predicted molar refractivity (Wildman–Crippen MR) is 117 cm³/mol. The van der Waals surface area contributed by atoms with Gasteiger partial charge in [-0.1, -0.05) is 48.5 Å². The highest BCUT2D eigenvalue weighted by atomic mass is 19.1. The number of hydrogen-bond donors (Lipinski definition) is 0. The van der Waals surface area contributed by atoms with E-state index in [1.807, 2.05) is 54.4 Å². The molecule has 1 aromatic heterocycles. The summed E-state index contributed by atoms with van der Waals surface area (Å²) in [5, 5.41) is 1.15. The lowest BCUT2D eigenvalue weighted by molar-refractivity contribution is -0.129. The number of aryl methyl sites for hydroxylation is 1. The summed E-state index contributed by atoms with van der Waals surface area (Å²) in [5.74, 6) is -0.0670. The Kier molecular flexibility index (Phi) is 4.62. The van der Waals surface area contributed by atoms with Crippen LogP contribution >= 0.6 is 0 Å². The number of aromatic nitrogens is 1. The van der Waals surface area contributed by atoms with Crippen LogP contribution in [0.25, 0.3) is 22.2 Å². The van der Waals surface area contributed by atoms with E-state index in [2.05, 4.69) is 28.8 Å². The van der Waals surface area contributed by atoms with Crippen molar-refractivity contribution in [3.05, 3.63) is 95.8 Å². The molecule has 3 aromatic carbocycles. The molecule has 4 heteroatoms. The Bertz CT molecular complexity index is 1210. The van der Waals surface area contributed by atoms with E-state index in [0.717, 1.165) is 39.7 Å². The van der Waals surface area contributed by atoms with Crippen LogP contribution in [0.2, 0.25) is 0 Å². The maximum atomic E-state index is 13.6. The summed E-state index contributed by atoms with van der Waals surface area (Å²) in [6.07, 6.45) is 1.33. The second kappa shape index (κ2) is 7.45. The third-order valence-corrected chi connectivity index (χ3v) is 6.12. The van der Waals surface area contributed by atoms with E-state index < -0.39 is 0 Å². The Hall–Kier alpha value is -3.40. The van der Waals surface area contributed by atoms with Crippen LogP contribution in [0.4, 0.5) is 4.39 Å². The summed E-state index contributed by atoms with van der Waals surface area (Å²) in [4.78, 5) is 14.9. The molecule has 0 saturated carbocycles. The molecule has 0 aliphatic carbocycles. The number of carbonyl (C=O) groups excluding carboxylic acids is 1. The van der Waals surface area contributed by atoms with Gasteiger partial charge in [0.25, 0.3) is 0 Å². The van der Waals surface area contributed by atoms with E-state index in [1.54, 1.807) is 0 Å². The normalized spacial score (nSPS) is 16.5. The standard InChI is InChI=1S/C26H23FN2O/c1-28-22-10-6-5-9-21(22)25(26(28)19-11-13-20(27)14-12-19)23-15-16-24(30)29(23)17-18-7-3-2-4-8-18/h2-14,23H,15-17H2,1H3/t23-/m0/s1. The van der Waals surface area contributed by atoms with E-state index in [0.29, 0.717) is 13.0 Å². The van der Waals surface area contributed by atoms with Gasteiger partial charge in [-0.05, 0) is 47.9 Å². The van der Waals surface area contributed by atoms with Crippen molar-refractivity contribution < 1.29 is 9.18 Å². The molecule has 2 heterocycles. The highest BCUT2D eigenvalue weighted by Crippen LogP contribution is 2.44. The van der Waals surface area contributed by atoms with Crippen molar-refractivity contribution in [3.8, 4) is 11.3 Å². The highest BCUT2D eigenvalue weighted by molar-refractivity contribution is 5.93. The van der Waals surface area contributed by atoms with E-state index in [-0.39, 0.29) is 17.8 Å². The Morgan fingerprint density at radius 1 is 0.933 bits per heavy atom. The molecule has 0 N–H and O–H groups in total. The summed E-state index contributed by atoms with van der Waals surface area (Å²) in [5.41, 5.74) is 5.41. The van der Waals surface area contributed by atoms with Gasteiger partial charge in [0.1, 0.15) is 5.82 Å². The Morgan fingerprint density at radius 2 is 1.63 bits per heavy atom. The van der Waals surface area contributed by atoms with Gasteiger partial charge < -0.3 is 9.47 Å². The molecular formula is C26H23FN2O. The van der Waals surface area contributed by atoms with E-state index in [9.17, 15) is 9.18 Å².